The number of aryl methyl sites for hydroxylation is 1. The maximum Gasteiger partial charge on any atom is 0.326 e. The summed E-state index contributed by atoms with van der Waals surface area (Å²) in [6, 6.07) is 6.34. The van der Waals surface area contributed by atoms with E-state index in [0.717, 1.165) is 17.8 Å². The number of piperidine rings is 1. The molecule has 5 rings (SSSR count). The summed E-state index contributed by atoms with van der Waals surface area (Å²) in [6.45, 7) is 3.47. The van der Waals surface area contributed by atoms with Crippen molar-refractivity contribution in [3.05, 3.63) is 41.3 Å². The number of likely N-dealkylation sites (tertiary alicyclic amines) is 1. The third kappa shape index (κ3) is 3.51. The quantitative estimate of drug-likeness (QED) is 0.540. The lowest BCUT2D eigenvalue weighted by Gasteiger charge is -2.24. The van der Waals surface area contributed by atoms with Crippen molar-refractivity contribution < 1.29 is 24.2 Å². The molecule has 1 saturated carbocycles. The fraction of sp³-hybridized carbons (Fsp3) is 0.409. The van der Waals surface area contributed by atoms with Gasteiger partial charge in [0.25, 0.3) is 0 Å². The first kappa shape index (κ1) is 20.2. The highest BCUT2D eigenvalue weighted by Gasteiger charge is 2.56. The topological polar surface area (TPSA) is 130 Å². The molecule has 0 radical (unpaired) electrons. The van der Waals surface area contributed by atoms with Crippen molar-refractivity contribution in [1.29, 1.82) is 0 Å². The van der Waals surface area contributed by atoms with Gasteiger partial charge in [-0.3, -0.25) is 19.4 Å². The van der Waals surface area contributed by atoms with E-state index in [1.165, 1.54) is 16.5 Å². The summed E-state index contributed by atoms with van der Waals surface area (Å²) in [5.41, 5.74) is 2.55. The minimum Gasteiger partial charge on any atom is -0.487 e. The lowest BCUT2D eigenvalue weighted by atomic mass is 10.1. The van der Waals surface area contributed by atoms with Crippen LogP contribution in [0.25, 0.3) is 10.9 Å². The molecular formula is C22H23N5O5. The van der Waals surface area contributed by atoms with Gasteiger partial charge in [0.1, 0.15) is 30.6 Å². The minimum atomic E-state index is -0.978. The summed E-state index contributed by atoms with van der Waals surface area (Å²) < 4.78 is 7.28. The molecule has 1 amide bonds. The van der Waals surface area contributed by atoms with Crippen molar-refractivity contribution in [1.82, 2.24) is 24.9 Å². The van der Waals surface area contributed by atoms with E-state index >= 15 is 0 Å². The van der Waals surface area contributed by atoms with E-state index < -0.39 is 12.0 Å². The van der Waals surface area contributed by atoms with Crippen molar-refractivity contribution >= 4 is 28.6 Å². The number of carboxylic acids is 1. The van der Waals surface area contributed by atoms with Gasteiger partial charge in [0.05, 0.1) is 11.2 Å². The standard InChI is InChI=1S/C22H23N5O5/c1-11-5-14(24-23-11)10-32-15-3-4-17-16(8-15)21(12(2)28)25-26(17)9-20(29)27-18-6-13(18)7-19(27)22(30)31/h3-5,8,13,18-19H,6-7,9-10H2,1-2H3,(H,23,24)(H,30,31)/t13-,18-,19+/m1/s1. The van der Waals surface area contributed by atoms with Crippen LogP contribution in [0.2, 0.25) is 0 Å². The van der Waals surface area contributed by atoms with Crippen LogP contribution in [0.15, 0.2) is 24.3 Å². The Morgan fingerprint density at radius 3 is 2.75 bits per heavy atom. The summed E-state index contributed by atoms with van der Waals surface area (Å²) >= 11 is 0. The number of hydrogen-bond acceptors (Lipinski definition) is 6. The van der Waals surface area contributed by atoms with Gasteiger partial charge in [-0.15, -0.1) is 0 Å². The number of aliphatic carboxylic acids is 1. The maximum absolute atomic E-state index is 13.0. The molecule has 2 aliphatic rings. The number of benzene rings is 1. The average molecular weight is 437 g/mol. The highest BCUT2D eigenvalue weighted by molar-refractivity contribution is 6.05. The SMILES string of the molecule is CC(=O)c1nn(CC(=O)N2[C@@H]3C[C@@H]3C[C@H]2C(=O)O)c2ccc(OCc3cc(C)[nH]n3)cc12. The van der Waals surface area contributed by atoms with E-state index in [1.54, 1.807) is 18.2 Å². The number of fused-ring (bicyclic) bond motifs is 2. The first-order valence-corrected chi connectivity index (χ1v) is 10.5. The second kappa shape index (κ2) is 7.47. The van der Waals surface area contributed by atoms with Crippen LogP contribution in [0.1, 0.15) is 41.6 Å². The molecule has 166 valence electrons. The molecule has 1 aliphatic carbocycles. The zero-order valence-electron chi connectivity index (χ0n) is 17.7. The lowest BCUT2D eigenvalue weighted by molar-refractivity contribution is -0.149. The molecule has 32 heavy (non-hydrogen) atoms. The van der Waals surface area contributed by atoms with Gasteiger partial charge in [0, 0.05) is 24.0 Å². The van der Waals surface area contributed by atoms with Crippen LogP contribution in [-0.2, 0) is 22.7 Å². The molecule has 10 heteroatoms. The third-order valence-electron chi connectivity index (χ3n) is 6.16. The number of carboxylic acid groups (broad SMARTS) is 1. The highest BCUT2D eigenvalue weighted by Crippen LogP contribution is 2.48. The van der Waals surface area contributed by atoms with Gasteiger partial charge >= 0.3 is 5.97 Å². The lowest BCUT2D eigenvalue weighted by Crippen LogP contribution is -2.44. The van der Waals surface area contributed by atoms with Gasteiger partial charge in [-0.1, -0.05) is 0 Å². The fourth-order valence-corrected chi connectivity index (χ4v) is 4.58. The molecule has 10 nitrogen and oxygen atoms in total. The van der Waals surface area contributed by atoms with Gasteiger partial charge in [-0.05, 0) is 49.9 Å². The van der Waals surface area contributed by atoms with E-state index in [4.69, 9.17) is 4.74 Å². The van der Waals surface area contributed by atoms with Crippen LogP contribution in [0.5, 0.6) is 5.75 Å². The molecule has 3 aromatic rings. The predicted molar refractivity (Wildman–Crippen MR) is 112 cm³/mol. The number of carbonyl (C=O) groups is 3. The number of H-pyrrole nitrogens is 1. The molecule has 1 aliphatic heterocycles. The Hall–Kier alpha value is -3.69. The number of ether oxygens (including phenoxy) is 1. The van der Waals surface area contributed by atoms with Crippen LogP contribution >= 0.6 is 0 Å². The third-order valence-corrected chi connectivity index (χ3v) is 6.16. The number of Topliss-reactive ketones (excluding diaryl/α,β-unsaturated/α-hetero) is 1. The molecule has 2 aromatic heterocycles. The number of carbonyl (C=O) groups excluding carboxylic acids is 2. The van der Waals surface area contributed by atoms with Crippen LogP contribution in [0, 0.1) is 12.8 Å². The molecule has 0 spiro atoms. The Morgan fingerprint density at radius 1 is 1.25 bits per heavy atom. The van der Waals surface area contributed by atoms with Gasteiger partial charge in [0.2, 0.25) is 5.91 Å². The van der Waals surface area contributed by atoms with E-state index in [1.807, 2.05) is 13.0 Å². The van der Waals surface area contributed by atoms with Crippen molar-refractivity contribution in [3.8, 4) is 5.75 Å². The van der Waals surface area contributed by atoms with Crippen LogP contribution in [0.4, 0.5) is 0 Å². The first-order valence-electron chi connectivity index (χ1n) is 10.5. The van der Waals surface area contributed by atoms with E-state index in [0.29, 0.717) is 23.1 Å². The Morgan fingerprint density at radius 2 is 2.06 bits per heavy atom. The Labute approximate surface area is 183 Å². The Balaban J connectivity index is 1.40. The van der Waals surface area contributed by atoms with E-state index in [2.05, 4.69) is 15.3 Å². The number of aromatic amines is 1. The summed E-state index contributed by atoms with van der Waals surface area (Å²) in [5.74, 6) is -0.670. The molecule has 1 aromatic carbocycles. The highest BCUT2D eigenvalue weighted by atomic mass is 16.5. The van der Waals surface area contributed by atoms with Crippen molar-refractivity contribution in [2.75, 3.05) is 0 Å². The molecular weight excluding hydrogens is 414 g/mol. The predicted octanol–water partition coefficient (Wildman–Crippen LogP) is 1.92. The number of rotatable bonds is 7. The van der Waals surface area contributed by atoms with Crippen molar-refractivity contribution in [3.63, 3.8) is 0 Å². The van der Waals surface area contributed by atoms with Crippen molar-refractivity contribution in [2.24, 2.45) is 5.92 Å². The van der Waals surface area contributed by atoms with Crippen molar-refractivity contribution in [2.45, 2.75) is 51.9 Å². The molecule has 3 atom stereocenters. The van der Waals surface area contributed by atoms with E-state index in [9.17, 15) is 19.5 Å². The summed E-state index contributed by atoms with van der Waals surface area (Å²) in [7, 11) is 0. The zero-order valence-corrected chi connectivity index (χ0v) is 17.7. The largest absolute Gasteiger partial charge is 0.487 e. The van der Waals surface area contributed by atoms with Gasteiger partial charge < -0.3 is 14.7 Å². The maximum atomic E-state index is 13.0. The smallest absolute Gasteiger partial charge is 0.326 e. The normalized spacial score (nSPS) is 21.6. The molecule has 2 N–H and O–H groups in total. The second-order valence-electron chi connectivity index (χ2n) is 8.53. The summed E-state index contributed by atoms with van der Waals surface area (Å²) in [5, 5.41) is 21.4. The van der Waals surface area contributed by atoms with Crippen LogP contribution in [-0.4, -0.2) is 59.7 Å². The second-order valence-corrected chi connectivity index (χ2v) is 8.53. The molecule has 0 bridgehead atoms. The number of ketones is 1. The first-order chi connectivity index (χ1) is 15.3. The van der Waals surface area contributed by atoms with Crippen LogP contribution in [0.3, 0.4) is 0 Å². The summed E-state index contributed by atoms with van der Waals surface area (Å²) in [6.07, 6.45) is 1.35. The number of hydrogen-bond donors (Lipinski definition) is 2. The van der Waals surface area contributed by atoms with E-state index in [-0.39, 0.29) is 42.5 Å². The number of nitrogens with one attached hydrogen (secondary N) is 1. The minimum absolute atomic E-state index is 0.00313. The molecule has 1 saturated heterocycles. The average Bonchev–Trinajstić information content (AvgIpc) is 3.08. The van der Waals surface area contributed by atoms with Gasteiger partial charge in [-0.25, -0.2) is 4.79 Å². The Kier molecular flexibility index (Phi) is 4.72. The number of aromatic nitrogens is 4. The molecule has 3 heterocycles. The molecule has 2 fully saturated rings. The summed E-state index contributed by atoms with van der Waals surface area (Å²) in [4.78, 5) is 38.3. The van der Waals surface area contributed by atoms with Gasteiger partial charge in [0.15, 0.2) is 5.78 Å². The fourth-order valence-electron chi connectivity index (χ4n) is 4.58. The monoisotopic (exact) mass is 437 g/mol. The number of amides is 1. The number of nitrogens with zero attached hydrogens (tertiary/aromatic N) is 4. The zero-order chi connectivity index (χ0) is 22.6. The molecule has 0 unspecified atom stereocenters. The van der Waals surface area contributed by atoms with Crippen LogP contribution < -0.4 is 4.74 Å². The Bertz CT molecular complexity index is 1240. The van der Waals surface area contributed by atoms with Gasteiger partial charge in [-0.2, -0.15) is 10.2 Å².